The number of nitrogens with zero attached hydrogens (tertiary/aromatic N) is 1. The summed E-state index contributed by atoms with van der Waals surface area (Å²) in [4.78, 5) is 26.2. The van der Waals surface area contributed by atoms with Gasteiger partial charge < -0.3 is 14.8 Å². The standard InChI is InChI=1S/C32H23N3O4/c36-31(22-8-2-1-3-9-22)34-28(16-21-14-15-29-30(17-21)39-20-38-29)32(37)35-33-19-27-25-12-6-4-10-23(25)18-24-11-5-7-13-26(24)27/h1-19H,20H2,(H,34,36)(H,35,37)/b28-16+,33-19+. The molecule has 1 aliphatic heterocycles. The third-order valence-corrected chi connectivity index (χ3v) is 6.41. The first-order valence-electron chi connectivity index (χ1n) is 12.4. The molecule has 0 saturated heterocycles. The minimum absolute atomic E-state index is 0.0302. The number of fused-ring (bicyclic) bond motifs is 3. The van der Waals surface area contributed by atoms with E-state index in [0.29, 0.717) is 22.6 Å². The molecule has 0 aromatic heterocycles. The van der Waals surface area contributed by atoms with Gasteiger partial charge in [-0.05, 0) is 63.5 Å². The van der Waals surface area contributed by atoms with Crippen molar-refractivity contribution in [3.8, 4) is 11.5 Å². The summed E-state index contributed by atoms with van der Waals surface area (Å²) in [6, 6.07) is 32.2. The van der Waals surface area contributed by atoms with Gasteiger partial charge in [0.05, 0.1) is 6.21 Å². The van der Waals surface area contributed by atoms with E-state index in [9.17, 15) is 9.59 Å². The third kappa shape index (κ3) is 5.06. The molecule has 6 rings (SSSR count). The molecule has 39 heavy (non-hydrogen) atoms. The minimum atomic E-state index is -0.572. The number of nitrogens with one attached hydrogen (secondary N) is 2. The number of hydrazone groups is 1. The van der Waals surface area contributed by atoms with Crippen molar-refractivity contribution in [1.82, 2.24) is 10.7 Å². The molecule has 0 fully saturated rings. The van der Waals surface area contributed by atoms with Crippen LogP contribution in [-0.2, 0) is 4.79 Å². The SMILES string of the molecule is O=C(N/N=C/c1c2ccccc2cc2ccccc12)/C(=C\c1ccc2c(c1)OCO2)NC(=O)c1ccccc1. The topological polar surface area (TPSA) is 89.0 Å². The van der Waals surface area contributed by atoms with E-state index < -0.39 is 11.8 Å². The second kappa shape index (κ2) is 10.5. The van der Waals surface area contributed by atoms with Crippen LogP contribution in [0.15, 0.2) is 114 Å². The fourth-order valence-electron chi connectivity index (χ4n) is 4.52. The molecule has 1 aliphatic rings. The van der Waals surface area contributed by atoms with Crippen LogP contribution in [-0.4, -0.2) is 24.8 Å². The molecule has 2 amide bonds. The van der Waals surface area contributed by atoms with Gasteiger partial charge in [0.2, 0.25) is 6.79 Å². The molecule has 0 radical (unpaired) electrons. The number of ether oxygens (including phenoxy) is 2. The summed E-state index contributed by atoms with van der Waals surface area (Å²) in [7, 11) is 0. The van der Waals surface area contributed by atoms with E-state index in [0.717, 1.165) is 27.1 Å². The van der Waals surface area contributed by atoms with Crippen LogP contribution in [0.3, 0.4) is 0 Å². The highest BCUT2D eigenvalue weighted by atomic mass is 16.7. The van der Waals surface area contributed by atoms with Crippen LogP contribution in [0.2, 0.25) is 0 Å². The highest BCUT2D eigenvalue weighted by Crippen LogP contribution is 2.33. The molecule has 0 atom stereocenters. The molecule has 5 aromatic carbocycles. The van der Waals surface area contributed by atoms with Crippen molar-refractivity contribution in [3.63, 3.8) is 0 Å². The molecule has 7 heteroatoms. The maximum absolute atomic E-state index is 13.3. The van der Waals surface area contributed by atoms with E-state index in [-0.39, 0.29) is 12.5 Å². The fraction of sp³-hybridized carbons (Fsp3) is 0.0312. The van der Waals surface area contributed by atoms with Gasteiger partial charge in [-0.25, -0.2) is 5.43 Å². The van der Waals surface area contributed by atoms with Crippen molar-refractivity contribution >= 4 is 45.6 Å². The van der Waals surface area contributed by atoms with Crippen LogP contribution < -0.4 is 20.2 Å². The van der Waals surface area contributed by atoms with E-state index >= 15 is 0 Å². The monoisotopic (exact) mass is 513 g/mol. The predicted octanol–water partition coefficient (Wildman–Crippen LogP) is 5.64. The molecule has 0 spiro atoms. The molecule has 1 heterocycles. The minimum Gasteiger partial charge on any atom is -0.454 e. The number of hydrogen-bond donors (Lipinski definition) is 2. The molecule has 0 unspecified atom stereocenters. The second-order valence-corrected chi connectivity index (χ2v) is 8.92. The van der Waals surface area contributed by atoms with Crippen LogP contribution in [0, 0.1) is 0 Å². The lowest BCUT2D eigenvalue weighted by Gasteiger charge is -2.10. The van der Waals surface area contributed by atoms with Crippen LogP contribution in [0.1, 0.15) is 21.5 Å². The second-order valence-electron chi connectivity index (χ2n) is 8.92. The van der Waals surface area contributed by atoms with Gasteiger partial charge in [0.15, 0.2) is 11.5 Å². The molecule has 190 valence electrons. The van der Waals surface area contributed by atoms with E-state index in [1.807, 2.05) is 54.6 Å². The molecule has 5 aromatic rings. The summed E-state index contributed by atoms with van der Waals surface area (Å²) >= 11 is 0. The van der Waals surface area contributed by atoms with Gasteiger partial charge in [-0.2, -0.15) is 5.10 Å². The molecule has 7 nitrogen and oxygen atoms in total. The summed E-state index contributed by atoms with van der Waals surface area (Å²) in [6.07, 6.45) is 3.21. The lowest BCUT2D eigenvalue weighted by Crippen LogP contribution is -2.32. The zero-order chi connectivity index (χ0) is 26.6. The zero-order valence-corrected chi connectivity index (χ0v) is 20.8. The number of carbonyl (C=O) groups excluding carboxylic acids is 2. The van der Waals surface area contributed by atoms with Crippen molar-refractivity contribution in [2.75, 3.05) is 6.79 Å². The molecule has 0 bridgehead atoms. The number of carbonyl (C=O) groups is 2. The normalized spacial score (nSPS) is 12.7. The number of amides is 2. The van der Waals surface area contributed by atoms with Gasteiger partial charge in [0, 0.05) is 11.1 Å². The van der Waals surface area contributed by atoms with Crippen molar-refractivity contribution in [3.05, 3.63) is 126 Å². The number of rotatable bonds is 6. The summed E-state index contributed by atoms with van der Waals surface area (Å²) in [5, 5.41) is 11.2. The van der Waals surface area contributed by atoms with Gasteiger partial charge in [-0.15, -0.1) is 0 Å². The van der Waals surface area contributed by atoms with Crippen LogP contribution in [0.4, 0.5) is 0 Å². The Kier molecular flexibility index (Phi) is 6.45. The molecule has 0 aliphatic carbocycles. The maximum atomic E-state index is 13.3. The Bertz CT molecular complexity index is 1720. The van der Waals surface area contributed by atoms with Crippen LogP contribution in [0.25, 0.3) is 27.6 Å². The quantitative estimate of drug-likeness (QED) is 0.133. The van der Waals surface area contributed by atoms with Crippen molar-refractivity contribution in [2.45, 2.75) is 0 Å². The van der Waals surface area contributed by atoms with E-state index in [2.05, 4.69) is 21.9 Å². The van der Waals surface area contributed by atoms with Crippen LogP contribution >= 0.6 is 0 Å². The first kappa shape index (κ1) is 23.9. The molecule has 0 saturated carbocycles. The summed E-state index contributed by atoms with van der Waals surface area (Å²) in [6.45, 7) is 0.137. The van der Waals surface area contributed by atoms with Gasteiger partial charge in [0.1, 0.15) is 5.70 Å². The highest BCUT2D eigenvalue weighted by Gasteiger charge is 2.17. The molecular formula is C32H23N3O4. The maximum Gasteiger partial charge on any atom is 0.287 e. The van der Waals surface area contributed by atoms with E-state index in [1.165, 1.54) is 0 Å². The Morgan fingerprint density at radius 2 is 1.41 bits per heavy atom. The van der Waals surface area contributed by atoms with Gasteiger partial charge in [-0.1, -0.05) is 72.8 Å². The number of hydrogen-bond acceptors (Lipinski definition) is 5. The summed E-state index contributed by atoms with van der Waals surface area (Å²) in [5.74, 6) is 0.205. The van der Waals surface area contributed by atoms with Gasteiger partial charge in [0.25, 0.3) is 11.8 Å². The Morgan fingerprint density at radius 1 is 0.744 bits per heavy atom. The third-order valence-electron chi connectivity index (χ3n) is 6.41. The Hall–Kier alpha value is -5.43. The van der Waals surface area contributed by atoms with Crippen LogP contribution in [0.5, 0.6) is 11.5 Å². The van der Waals surface area contributed by atoms with Gasteiger partial charge >= 0.3 is 0 Å². The fourth-order valence-corrected chi connectivity index (χ4v) is 4.52. The highest BCUT2D eigenvalue weighted by molar-refractivity contribution is 6.13. The lowest BCUT2D eigenvalue weighted by atomic mass is 9.97. The largest absolute Gasteiger partial charge is 0.454 e. The Balaban J connectivity index is 1.31. The first-order valence-corrected chi connectivity index (χ1v) is 12.4. The van der Waals surface area contributed by atoms with Crippen molar-refractivity contribution in [2.24, 2.45) is 5.10 Å². The smallest absolute Gasteiger partial charge is 0.287 e. The van der Waals surface area contributed by atoms with Crippen molar-refractivity contribution in [1.29, 1.82) is 0 Å². The molecular weight excluding hydrogens is 490 g/mol. The Labute approximate surface area is 224 Å². The average molecular weight is 514 g/mol. The average Bonchev–Trinajstić information content (AvgIpc) is 3.45. The van der Waals surface area contributed by atoms with E-state index in [1.54, 1.807) is 54.8 Å². The zero-order valence-electron chi connectivity index (χ0n) is 20.8. The lowest BCUT2D eigenvalue weighted by molar-refractivity contribution is -0.117. The summed E-state index contributed by atoms with van der Waals surface area (Å²) in [5.41, 5.74) is 4.58. The van der Waals surface area contributed by atoms with Gasteiger partial charge in [-0.3, -0.25) is 9.59 Å². The van der Waals surface area contributed by atoms with E-state index in [4.69, 9.17) is 9.47 Å². The molecule has 2 N–H and O–H groups in total. The first-order chi connectivity index (χ1) is 19.2. The van der Waals surface area contributed by atoms with Crippen molar-refractivity contribution < 1.29 is 19.1 Å². The summed E-state index contributed by atoms with van der Waals surface area (Å²) < 4.78 is 10.8. The Morgan fingerprint density at radius 3 is 2.15 bits per heavy atom. The predicted molar refractivity (Wildman–Crippen MR) is 152 cm³/mol. The number of benzene rings is 5.